The zero-order valence-corrected chi connectivity index (χ0v) is 16.7. The molecule has 10 heteroatoms. The predicted octanol–water partition coefficient (Wildman–Crippen LogP) is 1.84. The smallest absolute Gasteiger partial charge is 0.252 e. The van der Waals surface area contributed by atoms with Crippen molar-refractivity contribution in [2.24, 2.45) is 0 Å². The molecule has 0 amide bonds. The molecule has 0 unspecified atom stereocenters. The summed E-state index contributed by atoms with van der Waals surface area (Å²) in [5.74, 6) is 0.610. The molecule has 1 saturated heterocycles. The van der Waals surface area contributed by atoms with Crippen molar-refractivity contribution in [3.05, 3.63) is 41.8 Å². The van der Waals surface area contributed by atoms with Gasteiger partial charge in [-0.1, -0.05) is 6.07 Å². The lowest BCUT2D eigenvalue weighted by Gasteiger charge is -2.32. The summed E-state index contributed by atoms with van der Waals surface area (Å²) in [6.45, 7) is 2.88. The van der Waals surface area contributed by atoms with Crippen LogP contribution in [0.25, 0.3) is 0 Å². The average Bonchev–Trinajstić information content (AvgIpc) is 3.18. The molecule has 1 fully saturated rings. The fourth-order valence-corrected chi connectivity index (χ4v) is 6.70. The number of hydrogen-bond donors (Lipinski definition) is 0. The van der Waals surface area contributed by atoms with Crippen LogP contribution in [0.1, 0.15) is 6.92 Å². The molecule has 0 saturated carbocycles. The minimum atomic E-state index is -3.66. The summed E-state index contributed by atoms with van der Waals surface area (Å²) in [6.07, 6.45) is 0. The van der Waals surface area contributed by atoms with Crippen molar-refractivity contribution in [3.63, 3.8) is 0 Å². The van der Waals surface area contributed by atoms with Crippen molar-refractivity contribution in [1.29, 1.82) is 0 Å². The number of benzene rings is 1. The highest BCUT2D eigenvalue weighted by molar-refractivity contribution is 7.91. The third kappa shape index (κ3) is 3.79. The number of nitrogens with zero attached hydrogens (tertiary/aromatic N) is 2. The second-order valence-corrected chi connectivity index (χ2v) is 10.7. The lowest BCUT2D eigenvalue weighted by molar-refractivity contribution is 0.273. The van der Waals surface area contributed by atoms with Gasteiger partial charge in [-0.3, -0.25) is 0 Å². The van der Waals surface area contributed by atoms with Gasteiger partial charge in [0, 0.05) is 26.2 Å². The van der Waals surface area contributed by atoms with Crippen molar-refractivity contribution in [3.8, 4) is 5.75 Å². The number of sulfonamides is 2. The molecule has 142 valence electrons. The number of thiophene rings is 1. The number of rotatable bonds is 6. The number of ether oxygens (including phenoxy) is 1. The number of hydrogen-bond acceptors (Lipinski definition) is 6. The van der Waals surface area contributed by atoms with Gasteiger partial charge in [0.2, 0.25) is 10.0 Å². The molecule has 0 spiro atoms. The zero-order valence-electron chi connectivity index (χ0n) is 14.2. The molecule has 2 heterocycles. The molecule has 7 nitrogen and oxygen atoms in total. The minimum absolute atomic E-state index is 0.125. The fraction of sp³-hybridized carbons (Fsp3) is 0.375. The van der Waals surface area contributed by atoms with Crippen LogP contribution in [0.5, 0.6) is 5.75 Å². The summed E-state index contributed by atoms with van der Waals surface area (Å²) in [7, 11) is -7.21. The van der Waals surface area contributed by atoms with Gasteiger partial charge in [-0.2, -0.15) is 8.61 Å². The highest BCUT2D eigenvalue weighted by Crippen LogP contribution is 2.25. The van der Waals surface area contributed by atoms with E-state index in [0.717, 1.165) is 11.3 Å². The standard InChI is InChI=1S/C16H20N2O5S3/c1-2-23-14-5-7-15(8-6-14)25(19,20)17-9-11-18(12-10-17)26(21,22)16-4-3-13-24-16/h3-8,13H,2,9-12H2,1H3. The maximum atomic E-state index is 12.8. The molecule has 1 aliphatic heterocycles. The van der Waals surface area contributed by atoms with Crippen molar-refractivity contribution in [1.82, 2.24) is 8.61 Å². The Bertz CT molecular complexity index is 930. The zero-order chi connectivity index (χ0) is 18.8. The van der Waals surface area contributed by atoms with Crippen molar-refractivity contribution in [2.45, 2.75) is 16.0 Å². The quantitative estimate of drug-likeness (QED) is 0.717. The molecular formula is C16H20N2O5S3. The first-order valence-corrected chi connectivity index (χ1v) is 11.9. The second kappa shape index (κ2) is 7.65. The number of piperazine rings is 1. The van der Waals surface area contributed by atoms with Gasteiger partial charge in [0.05, 0.1) is 11.5 Å². The maximum absolute atomic E-state index is 12.8. The first-order chi connectivity index (χ1) is 12.4. The molecule has 1 aromatic carbocycles. The normalized spacial score (nSPS) is 17.3. The third-order valence-corrected chi connectivity index (χ3v) is 9.24. The average molecular weight is 417 g/mol. The molecule has 26 heavy (non-hydrogen) atoms. The van der Waals surface area contributed by atoms with E-state index < -0.39 is 20.0 Å². The van der Waals surface area contributed by atoms with Gasteiger partial charge in [-0.25, -0.2) is 16.8 Å². The van der Waals surface area contributed by atoms with Gasteiger partial charge in [-0.15, -0.1) is 11.3 Å². The largest absolute Gasteiger partial charge is 0.494 e. The molecular weight excluding hydrogens is 396 g/mol. The Morgan fingerprint density at radius 3 is 2.00 bits per heavy atom. The Kier molecular flexibility index (Phi) is 5.68. The predicted molar refractivity (Wildman–Crippen MR) is 99.4 cm³/mol. The highest BCUT2D eigenvalue weighted by atomic mass is 32.2. The highest BCUT2D eigenvalue weighted by Gasteiger charge is 2.34. The van der Waals surface area contributed by atoms with Crippen LogP contribution in [-0.2, 0) is 20.0 Å². The summed E-state index contributed by atoms with van der Waals surface area (Å²) in [5.41, 5.74) is 0. The lowest BCUT2D eigenvalue weighted by atomic mass is 10.3. The Balaban J connectivity index is 1.71. The van der Waals surface area contributed by atoms with Gasteiger partial charge in [0.25, 0.3) is 10.0 Å². The van der Waals surface area contributed by atoms with E-state index in [0.29, 0.717) is 12.4 Å². The van der Waals surface area contributed by atoms with Gasteiger partial charge in [0.15, 0.2) is 0 Å². The van der Waals surface area contributed by atoms with Crippen LogP contribution < -0.4 is 4.74 Å². The first kappa shape index (κ1) is 19.3. The summed E-state index contributed by atoms with van der Waals surface area (Å²) in [4.78, 5) is 0.176. The summed E-state index contributed by atoms with van der Waals surface area (Å²) >= 11 is 1.16. The monoisotopic (exact) mass is 416 g/mol. The molecule has 3 rings (SSSR count). The van der Waals surface area contributed by atoms with Crippen LogP contribution in [0.3, 0.4) is 0 Å². The SMILES string of the molecule is CCOc1ccc(S(=O)(=O)N2CCN(S(=O)(=O)c3cccs3)CC2)cc1. The van der Waals surface area contributed by atoms with Gasteiger partial charge >= 0.3 is 0 Å². The first-order valence-electron chi connectivity index (χ1n) is 8.12. The molecule has 0 bridgehead atoms. The molecule has 0 radical (unpaired) electrons. The Morgan fingerprint density at radius 1 is 0.923 bits per heavy atom. The van der Waals surface area contributed by atoms with E-state index in [9.17, 15) is 16.8 Å². The van der Waals surface area contributed by atoms with Crippen LogP contribution in [-0.4, -0.2) is 58.2 Å². The summed E-state index contributed by atoms with van der Waals surface area (Å²) in [6, 6.07) is 9.50. The van der Waals surface area contributed by atoms with E-state index in [1.54, 1.807) is 29.6 Å². The topological polar surface area (TPSA) is 84.0 Å². The maximum Gasteiger partial charge on any atom is 0.252 e. The van der Waals surface area contributed by atoms with Crippen LogP contribution in [0, 0.1) is 0 Å². The van der Waals surface area contributed by atoms with Gasteiger partial charge in [-0.05, 0) is 42.6 Å². The molecule has 0 N–H and O–H groups in total. The van der Waals surface area contributed by atoms with Crippen LogP contribution in [0.2, 0.25) is 0 Å². The third-order valence-electron chi connectivity index (χ3n) is 4.06. The molecule has 0 atom stereocenters. The van der Waals surface area contributed by atoms with E-state index in [4.69, 9.17) is 4.74 Å². The van der Waals surface area contributed by atoms with Gasteiger partial charge < -0.3 is 4.74 Å². The van der Waals surface area contributed by atoms with E-state index in [1.165, 1.54) is 20.7 Å². The van der Waals surface area contributed by atoms with Crippen molar-refractivity contribution < 1.29 is 21.6 Å². The van der Waals surface area contributed by atoms with Crippen molar-refractivity contribution in [2.75, 3.05) is 32.8 Å². The van der Waals surface area contributed by atoms with E-state index >= 15 is 0 Å². The van der Waals surface area contributed by atoms with Gasteiger partial charge in [0.1, 0.15) is 9.96 Å². The fourth-order valence-electron chi connectivity index (χ4n) is 2.71. The lowest BCUT2D eigenvalue weighted by Crippen LogP contribution is -2.50. The summed E-state index contributed by atoms with van der Waals surface area (Å²) in [5, 5.41) is 1.71. The van der Waals surface area contributed by atoms with E-state index in [1.807, 2.05) is 6.92 Å². The molecule has 1 aromatic heterocycles. The van der Waals surface area contributed by atoms with Crippen LogP contribution in [0.15, 0.2) is 50.9 Å². The summed E-state index contributed by atoms with van der Waals surface area (Å²) < 4.78 is 58.8. The van der Waals surface area contributed by atoms with Crippen LogP contribution in [0.4, 0.5) is 0 Å². The van der Waals surface area contributed by atoms with Crippen LogP contribution >= 0.6 is 11.3 Å². The van der Waals surface area contributed by atoms with E-state index in [-0.39, 0.29) is 35.3 Å². The molecule has 0 aliphatic carbocycles. The Morgan fingerprint density at radius 2 is 1.50 bits per heavy atom. The molecule has 2 aromatic rings. The van der Waals surface area contributed by atoms with Crippen molar-refractivity contribution >= 4 is 31.4 Å². The second-order valence-electron chi connectivity index (χ2n) is 5.64. The van der Waals surface area contributed by atoms with E-state index in [2.05, 4.69) is 0 Å². The Hall–Kier alpha value is -1.46. The molecule has 1 aliphatic rings. The Labute approximate surface area is 157 Å². The minimum Gasteiger partial charge on any atom is -0.494 e.